The number of nitrogens with zero attached hydrogens (tertiary/aromatic N) is 1. The zero-order valence-electron chi connectivity index (χ0n) is 14.8. The Balaban J connectivity index is 1.68. The Morgan fingerprint density at radius 2 is 1.93 bits per heavy atom. The number of thiophene rings is 1. The van der Waals surface area contributed by atoms with Gasteiger partial charge >= 0.3 is 5.97 Å². The summed E-state index contributed by atoms with van der Waals surface area (Å²) in [6.07, 6.45) is 1.41. The minimum Gasteiger partial charge on any atom is -0.507 e. The van der Waals surface area contributed by atoms with E-state index in [-0.39, 0.29) is 17.1 Å². The van der Waals surface area contributed by atoms with Crippen LogP contribution < -0.4 is 14.9 Å². The van der Waals surface area contributed by atoms with Gasteiger partial charge in [-0.25, -0.2) is 10.2 Å². The molecule has 8 heteroatoms. The van der Waals surface area contributed by atoms with Crippen molar-refractivity contribution >= 4 is 29.4 Å². The van der Waals surface area contributed by atoms with Crippen LogP contribution >= 0.6 is 11.3 Å². The van der Waals surface area contributed by atoms with Gasteiger partial charge in [-0.3, -0.25) is 4.79 Å². The zero-order valence-corrected chi connectivity index (χ0v) is 15.6. The summed E-state index contributed by atoms with van der Waals surface area (Å²) in [4.78, 5) is 24.6. The number of benzene rings is 2. The molecule has 0 saturated heterocycles. The van der Waals surface area contributed by atoms with Crippen molar-refractivity contribution in [1.29, 1.82) is 0 Å². The Bertz CT molecular complexity index is 1020. The zero-order chi connectivity index (χ0) is 19.9. The predicted molar refractivity (Wildman–Crippen MR) is 105 cm³/mol. The molecule has 0 unspecified atom stereocenters. The quantitative estimate of drug-likeness (QED) is 0.288. The first-order valence-corrected chi connectivity index (χ1v) is 9.01. The number of methoxy groups -OCH3 is 1. The number of hydrogen-bond donors (Lipinski definition) is 2. The van der Waals surface area contributed by atoms with E-state index in [0.29, 0.717) is 16.2 Å². The second-order valence-electron chi connectivity index (χ2n) is 5.49. The molecule has 3 aromatic rings. The fourth-order valence-electron chi connectivity index (χ4n) is 2.28. The largest absolute Gasteiger partial charge is 0.507 e. The summed E-state index contributed by atoms with van der Waals surface area (Å²) in [7, 11) is 1.46. The van der Waals surface area contributed by atoms with Gasteiger partial charge in [0.1, 0.15) is 10.6 Å². The smallest absolute Gasteiger partial charge is 0.353 e. The number of rotatable bonds is 6. The molecule has 0 aliphatic carbocycles. The number of carbonyl (C=O) groups is 2. The lowest BCUT2D eigenvalue weighted by Crippen LogP contribution is -2.17. The Kier molecular flexibility index (Phi) is 6.03. The summed E-state index contributed by atoms with van der Waals surface area (Å²) < 4.78 is 10.6. The van der Waals surface area contributed by atoms with Gasteiger partial charge in [-0.2, -0.15) is 5.10 Å². The van der Waals surface area contributed by atoms with E-state index in [9.17, 15) is 14.7 Å². The van der Waals surface area contributed by atoms with Crippen LogP contribution in [0, 0.1) is 0 Å². The molecule has 0 saturated carbocycles. The van der Waals surface area contributed by atoms with Crippen LogP contribution in [-0.4, -0.2) is 30.3 Å². The maximum Gasteiger partial charge on any atom is 0.353 e. The van der Waals surface area contributed by atoms with Crippen molar-refractivity contribution < 1.29 is 24.2 Å². The van der Waals surface area contributed by atoms with E-state index >= 15 is 0 Å². The molecule has 1 amide bonds. The first kappa shape index (κ1) is 19.1. The van der Waals surface area contributed by atoms with Crippen LogP contribution in [-0.2, 0) is 0 Å². The second kappa shape index (κ2) is 8.83. The fourth-order valence-corrected chi connectivity index (χ4v) is 2.88. The molecule has 1 aromatic heterocycles. The number of hydrazone groups is 1. The van der Waals surface area contributed by atoms with Gasteiger partial charge in [0, 0.05) is 0 Å². The highest BCUT2D eigenvalue weighted by molar-refractivity contribution is 7.12. The molecule has 3 rings (SSSR count). The number of hydrogen-bond acceptors (Lipinski definition) is 7. The Labute approximate surface area is 164 Å². The van der Waals surface area contributed by atoms with Gasteiger partial charge < -0.3 is 14.6 Å². The van der Waals surface area contributed by atoms with Crippen LogP contribution in [0.1, 0.15) is 25.6 Å². The Morgan fingerprint density at radius 1 is 1.11 bits per heavy atom. The first-order valence-electron chi connectivity index (χ1n) is 8.13. The monoisotopic (exact) mass is 396 g/mol. The summed E-state index contributed by atoms with van der Waals surface area (Å²) in [5.74, 6) is -0.515. The van der Waals surface area contributed by atoms with Crippen LogP contribution in [0.5, 0.6) is 17.2 Å². The molecule has 0 spiro atoms. The molecule has 0 fully saturated rings. The number of esters is 1. The van der Waals surface area contributed by atoms with Crippen molar-refractivity contribution in [2.45, 2.75) is 0 Å². The number of carbonyl (C=O) groups excluding carboxylic acids is 2. The summed E-state index contributed by atoms with van der Waals surface area (Å²) in [5, 5.41) is 15.3. The topological polar surface area (TPSA) is 97.2 Å². The van der Waals surface area contributed by atoms with Gasteiger partial charge in [0.05, 0.1) is 18.9 Å². The number of ether oxygens (including phenoxy) is 2. The average Bonchev–Trinajstić information content (AvgIpc) is 3.24. The van der Waals surface area contributed by atoms with E-state index < -0.39 is 11.9 Å². The molecular formula is C20H16N2O5S. The molecular weight excluding hydrogens is 380 g/mol. The fraction of sp³-hybridized carbons (Fsp3) is 0.0500. The van der Waals surface area contributed by atoms with Crippen LogP contribution in [0.4, 0.5) is 0 Å². The predicted octanol–water partition coefficient (Wildman–Crippen LogP) is 3.45. The average molecular weight is 396 g/mol. The highest BCUT2D eigenvalue weighted by atomic mass is 32.1. The number of phenolic OH excluding ortho intramolecular Hbond substituents is 1. The van der Waals surface area contributed by atoms with Crippen molar-refractivity contribution in [3.63, 3.8) is 0 Å². The van der Waals surface area contributed by atoms with Gasteiger partial charge in [-0.15, -0.1) is 11.3 Å². The molecule has 142 valence electrons. The number of amides is 1. The normalized spacial score (nSPS) is 10.6. The third-order valence-electron chi connectivity index (χ3n) is 3.64. The lowest BCUT2D eigenvalue weighted by atomic mass is 10.2. The summed E-state index contributed by atoms with van der Waals surface area (Å²) >= 11 is 1.29. The van der Waals surface area contributed by atoms with Crippen molar-refractivity contribution in [2.24, 2.45) is 5.10 Å². The maximum absolute atomic E-state index is 12.1. The summed E-state index contributed by atoms with van der Waals surface area (Å²) in [5.41, 5.74) is 3.07. The Morgan fingerprint density at radius 3 is 2.64 bits per heavy atom. The third-order valence-corrected chi connectivity index (χ3v) is 4.49. The van der Waals surface area contributed by atoms with Crippen molar-refractivity contribution in [3.8, 4) is 17.2 Å². The van der Waals surface area contributed by atoms with E-state index in [4.69, 9.17) is 9.47 Å². The van der Waals surface area contributed by atoms with Crippen molar-refractivity contribution in [2.75, 3.05) is 7.11 Å². The van der Waals surface area contributed by atoms with E-state index in [1.165, 1.54) is 36.8 Å². The molecule has 2 N–H and O–H groups in total. The highest BCUT2D eigenvalue weighted by Crippen LogP contribution is 2.28. The summed E-state index contributed by atoms with van der Waals surface area (Å²) in [6, 6.07) is 14.5. The maximum atomic E-state index is 12.1. The van der Waals surface area contributed by atoms with Crippen molar-refractivity contribution in [3.05, 3.63) is 76.0 Å². The minimum absolute atomic E-state index is 0.119. The van der Waals surface area contributed by atoms with E-state index in [0.717, 1.165) is 0 Å². The van der Waals surface area contributed by atoms with E-state index in [1.54, 1.807) is 47.8 Å². The van der Waals surface area contributed by atoms with Crippen LogP contribution in [0.3, 0.4) is 0 Å². The number of phenols is 1. The minimum atomic E-state index is -0.539. The molecule has 0 aliphatic heterocycles. The van der Waals surface area contributed by atoms with Gasteiger partial charge in [-0.05, 0) is 47.3 Å². The number of nitrogens with one attached hydrogen (secondary N) is 1. The van der Waals surface area contributed by atoms with Gasteiger partial charge in [0.15, 0.2) is 11.5 Å². The lowest BCUT2D eigenvalue weighted by molar-refractivity contribution is 0.0734. The lowest BCUT2D eigenvalue weighted by Gasteiger charge is -2.09. The summed E-state index contributed by atoms with van der Waals surface area (Å²) in [6.45, 7) is 0. The van der Waals surface area contributed by atoms with Gasteiger partial charge in [-0.1, -0.05) is 18.2 Å². The van der Waals surface area contributed by atoms with Gasteiger partial charge in [0.25, 0.3) is 5.91 Å². The van der Waals surface area contributed by atoms with E-state index in [2.05, 4.69) is 10.5 Å². The van der Waals surface area contributed by atoms with Crippen molar-refractivity contribution in [1.82, 2.24) is 5.43 Å². The van der Waals surface area contributed by atoms with Crippen LogP contribution in [0.25, 0.3) is 0 Å². The number of para-hydroxylation sites is 1. The first-order chi connectivity index (χ1) is 13.6. The molecule has 1 heterocycles. The molecule has 28 heavy (non-hydrogen) atoms. The third kappa shape index (κ3) is 4.54. The standard InChI is InChI=1S/C20H16N2O5S/c1-26-17-11-13(8-9-16(17)27-20(25)18-7-4-10-28-18)12-21-22-19(24)14-5-2-3-6-15(14)23/h2-12,23H,1H3,(H,22,24). The number of aromatic hydroxyl groups is 1. The Hall–Kier alpha value is -3.65. The second-order valence-corrected chi connectivity index (χ2v) is 6.44. The SMILES string of the molecule is COc1cc(C=NNC(=O)c2ccccc2O)ccc1OC(=O)c1cccs1. The van der Waals surface area contributed by atoms with Crippen LogP contribution in [0.2, 0.25) is 0 Å². The molecule has 0 aliphatic rings. The molecule has 0 atom stereocenters. The van der Waals surface area contributed by atoms with Gasteiger partial charge in [0.2, 0.25) is 0 Å². The molecule has 0 radical (unpaired) electrons. The molecule has 0 bridgehead atoms. The highest BCUT2D eigenvalue weighted by Gasteiger charge is 2.13. The molecule has 2 aromatic carbocycles. The van der Waals surface area contributed by atoms with E-state index in [1.807, 2.05) is 0 Å². The molecule has 7 nitrogen and oxygen atoms in total. The van der Waals surface area contributed by atoms with Crippen LogP contribution in [0.15, 0.2) is 65.1 Å².